The lowest BCUT2D eigenvalue weighted by Gasteiger charge is -2.61. The predicted octanol–water partition coefficient (Wildman–Crippen LogP) is 8.76. The van der Waals surface area contributed by atoms with Gasteiger partial charge in [-0.3, -0.25) is 4.79 Å². The Hall–Kier alpha value is -1.05. The van der Waals surface area contributed by atoms with Crippen LogP contribution in [0.2, 0.25) is 0 Å². The second kappa shape index (κ2) is 8.81. The summed E-state index contributed by atoms with van der Waals surface area (Å²) in [6.45, 7) is 23.5. The molecule has 4 fully saturated rings. The summed E-state index contributed by atoms with van der Waals surface area (Å²) in [5.41, 5.74) is 4.36. The van der Waals surface area contributed by atoms with Crippen molar-refractivity contribution in [3.63, 3.8) is 0 Å². The molecule has 34 heavy (non-hydrogen) atoms. The van der Waals surface area contributed by atoms with E-state index in [-0.39, 0.29) is 5.97 Å². The largest absolute Gasteiger partial charge is 0.469 e. The van der Waals surface area contributed by atoms with E-state index in [0.717, 1.165) is 24.2 Å². The van der Waals surface area contributed by atoms with Gasteiger partial charge in [-0.15, -0.1) is 0 Å². The van der Waals surface area contributed by atoms with Gasteiger partial charge in [-0.1, -0.05) is 58.9 Å². The van der Waals surface area contributed by atoms with Gasteiger partial charge in [0, 0.05) is 6.42 Å². The molecule has 0 aliphatic heterocycles. The van der Waals surface area contributed by atoms with Gasteiger partial charge in [-0.2, -0.15) is 0 Å². The molecule has 4 aliphatic carbocycles. The maximum Gasteiger partial charge on any atom is 0.305 e. The Bertz CT molecular complexity index is 840. The Kier molecular flexibility index (Phi) is 6.74. The summed E-state index contributed by atoms with van der Waals surface area (Å²) in [6.07, 6.45) is 13.5. The summed E-state index contributed by atoms with van der Waals surface area (Å²) in [5.74, 6) is 3.55. The molecule has 4 saturated carbocycles. The van der Waals surface area contributed by atoms with E-state index in [0.29, 0.717) is 39.9 Å². The normalized spacial score (nSPS) is 43.5. The lowest BCUT2D eigenvalue weighted by molar-refractivity contribution is -0.142. The number of fused-ring (bicyclic) bond motifs is 2. The lowest BCUT2D eigenvalue weighted by Crippen LogP contribution is -2.54. The molecule has 0 N–H and O–H groups in total. The Morgan fingerprint density at radius 3 is 2.32 bits per heavy atom. The summed E-state index contributed by atoms with van der Waals surface area (Å²) < 4.78 is 5.07. The number of allylic oxidation sites excluding steroid dienone is 2. The Balaban J connectivity index is 1.57. The molecule has 2 heteroatoms. The van der Waals surface area contributed by atoms with E-state index >= 15 is 0 Å². The first-order chi connectivity index (χ1) is 15.9. The predicted molar refractivity (Wildman–Crippen MR) is 142 cm³/mol. The van der Waals surface area contributed by atoms with Gasteiger partial charge in [0.05, 0.1) is 7.11 Å². The standard InChI is InChI=1S/C32H52O2/c1-21(2)23(5)10-11-24(6)26-14-16-30(8)27-13-12-25(22(3)4)31(17-15-28(33)34-9)20-32(27,31)19-18-29(26,30)7/h21,24-27H,3,5,10-20H2,1-2,4,6-9H3. The first-order valence-electron chi connectivity index (χ1n) is 14.3. The molecule has 0 bridgehead atoms. The van der Waals surface area contributed by atoms with E-state index in [2.05, 4.69) is 54.7 Å². The van der Waals surface area contributed by atoms with Crippen LogP contribution in [0.1, 0.15) is 112 Å². The fraction of sp³-hybridized carbons (Fsp3) is 0.844. The van der Waals surface area contributed by atoms with Crippen LogP contribution in [0.3, 0.4) is 0 Å². The highest BCUT2D eigenvalue weighted by atomic mass is 16.5. The van der Waals surface area contributed by atoms with Gasteiger partial charge in [-0.05, 0) is 122 Å². The van der Waals surface area contributed by atoms with Crippen LogP contribution in [-0.4, -0.2) is 13.1 Å². The van der Waals surface area contributed by atoms with Crippen molar-refractivity contribution < 1.29 is 9.53 Å². The van der Waals surface area contributed by atoms with Crippen molar-refractivity contribution in [2.75, 3.05) is 7.11 Å². The van der Waals surface area contributed by atoms with Crippen molar-refractivity contribution in [3.05, 3.63) is 24.3 Å². The zero-order valence-corrected chi connectivity index (χ0v) is 23.4. The van der Waals surface area contributed by atoms with Crippen molar-refractivity contribution in [3.8, 4) is 0 Å². The van der Waals surface area contributed by atoms with E-state index in [1.165, 1.54) is 76.0 Å². The summed E-state index contributed by atoms with van der Waals surface area (Å²) in [6, 6.07) is 0. The van der Waals surface area contributed by atoms with Crippen molar-refractivity contribution >= 4 is 5.97 Å². The molecule has 8 atom stereocenters. The number of hydrogen-bond donors (Lipinski definition) is 0. The number of esters is 1. The Labute approximate surface area is 210 Å². The number of ether oxygens (including phenoxy) is 1. The number of carbonyl (C=O) groups excluding carboxylic acids is 1. The van der Waals surface area contributed by atoms with Gasteiger partial charge in [0.15, 0.2) is 0 Å². The number of carbonyl (C=O) groups is 1. The van der Waals surface area contributed by atoms with Gasteiger partial charge >= 0.3 is 5.97 Å². The molecular formula is C32H52O2. The van der Waals surface area contributed by atoms with E-state index < -0.39 is 0 Å². The maximum absolute atomic E-state index is 12.2. The van der Waals surface area contributed by atoms with Gasteiger partial charge < -0.3 is 4.74 Å². The van der Waals surface area contributed by atoms with Crippen LogP contribution in [0.25, 0.3) is 0 Å². The van der Waals surface area contributed by atoms with Gasteiger partial charge in [0.2, 0.25) is 0 Å². The second-order valence-corrected chi connectivity index (χ2v) is 13.9. The Morgan fingerprint density at radius 2 is 1.71 bits per heavy atom. The molecule has 0 aromatic heterocycles. The molecule has 4 rings (SSSR count). The fourth-order valence-electron chi connectivity index (χ4n) is 10.3. The van der Waals surface area contributed by atoms with Crippen LogP contribution in [0.4, 0.5) is 0 Å². The van der Waals surface area contributed by atoms with E-state index in [4.69, 9.17) is 4.74 Å². The third kappa shape index (κ3) is 3.59. The maximum atomic E-state index is 12.2. The average molecular weight is 469 g/mol. The molecule has 0 saturated heterocycles. The lowest BCUT2D eigenvalue weighted by atomic mass is 9.43. The fourth-order valence-corrected chi connectivity index (χ4v) is 10.3. The smallest absolute Gasteiger partial charge is 0.305 e. The molecule has 0 amide bonds. The molecule has 0 aromatic rings. The van der Waals surface area contributed by atoms with E-state index in [9.17, 15) is 4.79 Å². The van der Waals surface area contributed by atoms with Crippen LogP contribution in [0, 0.1) is 51.2 Å². The van der Waals surface area contributed by atoms with Crippen LogP contribution in [0.15, 0.2) is 24.3 Å². The van der Waals surface area contributed by atoms with Crippen LogP contribution in [0.5, 0.6) is 0 Å². The molecule has 192 valence electrons. The van der Waals surface area contributed by atoms with Crippen molar-refractivity contribution in [1.82, 2.24) is 0 Å². The number of rotatable bonds is 9. The van der Waals surface area contributed by atoms with E-state index in [1.54, 1.807) is 0 Å². The molecule has 1 spiro atoms. The molecule has 0 radical (unpaired) electrons. The van der Waals surface area contributed by atoms with Crippen LogP contribution < -0.4 is 0 Å². The molecular weight excluding hydrogens is 416 g/mol. The minimum atomic E-state index is -0.0383. The monoisotopic (exact) mass is 468 g/mol. The van der Waals surface area contributed by atoms with Crippen molar-refractivity contribution in [2.45, 2.75) is 112 Å². The Morgan fingerprint density at radius 1 is 1.00 bits per heavy atom. The van der Waals surface area contributed by atoms with Crippen LogP contribution >= 0.6 is 0 Å². The van der Waals surface area contributed by atoms with Gasteiger partial charge in [0.1, 0.15) is 0 Å². The third-order valence-corrected chi connectivity index (χ3v) is 12.6. The SMILES string of the molecule is C=C(CCC(C)C1CCC2(C)C3CCC(C(=C)C)C4(CCC(=O)OC)CC34CCC12C)C(C)C. The average Bonchev–Trinajstić information content (AvgIpc) is 3.38. The zero-order chi connectivity index (χ0) is 25.1. The number of hydrogen-bond acceptors (Lipinski definition) is 2. The molecule has 8 unspecified atom stereocenters. The quantitative estimate of drug-likeness (QED) is 0.250. The highest BCUT2D eigenvalue weighted by Gasteiger charge is 2.80. The molecule has 0 aromatic carbocycles. The second-order valence-electron chi connectivity index (χ2n) is 13.9. The molecule has 4 aliphatic rings. The highest BCUT2D eigenvalue weighted by Crippen LogP contribution is 2.87. The molecule has 0 heterocycles. The zero-order valence-electron chi connectivity index (χ0n) is 23.4. The van der Waals surface area contributed by atoms with Crippen molar-refractivity contribution in [1.29, 1.82) is 0 Å². The first kappa shape index (κ1) is 26.0. The summed E-state index contributed by atoms with van der Waals surface area (Å²) >= 11 is 0. The topological polar surface area (TPSA) is 26.3 Å². The minimum Gasteiger partial charge on any atom is -0.469 e. The van der Waals surface area contributed by atoms with E-state index in [1.807, 2.05) is 0 Å². The van der Waals surface area contributed by atoms with Gasteiger partial charge in [0.25, 0.3) is 0 Å². The first-order valence-corrected chi connectivity index (χ1v) is 14.3. The third-order valence-electron chi connectivity index (χ3n) is 12.6. The van der Waals surface area contributed by atoms with Crippen molar-refractivity contribution in [2.24, 2.45) is 51.2 Å². The van der Waals surface area contributed by atoms with Crippen LogP contribution in [-0.2, 0) is 9.53 Å². The molecule has 2 nitrogen and oxygen atoms in total. The summed E-state index contributed by atoms with van der Waals surface area (Å²) in [5, 5.41) is 0. The summed E-state index contributed by atoms with van der Waals surface area (Å²) in [4.78, 5) is 12.2. The van der Waals surface area contributed by atoms with Gasteiger partial charge in [-0.25, -0.2) is 0 Å². The number of methoxy groups -OCH3 is 1. The highest BCUT2D eigenvalue weighted by molar-refractivity contribution is 5.69. The summed E-state index contributed by atoms with van der Waals surface area (Å²) in [7, 11) is 1.53. The minimum absolute atomic E-state index is 0.0383.